The van der Waals surface area contributed by atoms with E-state index in [9.17, 15) is 0 Å². The fourth-order valence-corrected chi connectivity index (χ4v) is 3.04. The maximum absolute atomic E-state index is 4.65. The Morgan fingerprint density at radius 1 is 1.44 bits per heavy atom. The van der Waals surface area contributed by atoms with Gasteiger partial charge in [0.05, 0.1) is 10.2 Å². The summed E-state index contributed by atoms with van der Waals surface area (Å²) < 4.78 is 1.29. The van der Waals surface area contributed by atoms with Crippen LogP contribution in [0.4, 0.5) is 5.13 Å². The molecule has 2 nitrogen and oxygen atoms in total. The molecule has 1 fully saturated rings. The monoisotopic (exact) mass is 232 g/mol. The van der Waals surface area contributed by atoms with E-state index in [0.29, 0.717) is 0 Å². The van der Waals surface area contributed by atoms with Gasteiger partial charge in [0.15, 0.2) is 5.13 Å². The molecule has 0 bridgehead atoms. The molecule has 0 aliphatic heterocycles. The van der Waals surface area contributed by atoms with Gasteiger partial charge in [0, 0.05) is 6.54 Å². The number of rotatable bonds is 3. The fourth-order valence-electron chi connectivity index (χ4n) is 2.09. The normalized spacial score (nSPS) is 16.3. The predicted molar refractivity (Wildman–Crippen MR) is 70.2 cm³/mol. The highest BCUT2D eigenvalue weighted by Gasteiger charge is 2.17. The quantitative estimate of drug-likeness (QED) is 0.870. The number of thiazole rings is 1. The summed E-state index contributed by atoms with van der Waals surface area (Å²) in [4.78, 5) is 4.65. The first-order chi connectivity index (χ1) is 7.83. The van der Waals surface area contributed by atoms with E-state index in [1.54, 1.807) is 11.3 Å². The number of aryl methyl sites for hydroxylation is 1. The van der Waals surface area contributed by atoms with Crippen LogP contribution < -0.4 is 5.32 Å². The summed E-state index contributed by atoms with van der Waals surface area (Å²) >= 11 is 1.77. The molecule has 0 radical (unpaired) electrons. The highest BCUT2D eigenvalue weighted by atomic mass is 32.1. The summed E-state index contributed by atoms with van der Waals surface area (Å²) in [7, 11) is 0. The Balaban J connectivity index is 1.79. The van der Waals surface area contributed by atoms with Gasteiger partial charge in [-0.1, -0.05) is 29.9 Å². The van der Waals surface area contributed by atoms with Gasteiger partial charge in [-0.25, -0.2) is 4.98 Å². The Morgan fingerprint density at radius 3 is 3.00 bits per heavy atom. The average Bonchev–Trinajstić information content (AvgIpc) is 2.60. The predicted octanol–water partition coefficient (Wildman–Crippen LogP) is 3.82. The summed E-state index contributed by atoms with van der Waals surface area (Å²) in [6.07, 6.45) is 4.18. The van der Waals surface area contributed by atoms with E-state index in [1.165, 1.54) is 29.5 Å². The summed E-state index contributed by atoms with van der Waals surface area (Å²) in [5, 5.41) is 4.55. The van der Waals surface area contributed by atoms with Crippen molar-refractivity contribution in [1.29, 1.82) is 0 Å². The largest absolute Gasteiger partial charge is 0.361 e. The van der Waals surface area contributed by atoms with E-state index in [-0.39, 0.29) is 0 Å². The molecule has 3 heteroatoms. The van der Waals surface area contributed by atoms with Gasteiger partial charge in [-0.15, -0.1) is 0 Å². The molecule has 1 heterocycles. The van der Waals surface area contributed by atoms with Crippen LogP contribution in [-0.2, 0) is 0 Å². The van der Waals surface area contributed by atoms with Crippen molar-refractivity contribution in [3.05, 3.63) is 23.8 Å². The highest BCUT2D eigenvalue weighted by Crippen LogP contribution is 2.30. The number of nitrogens with one attached hydrogen (secondary N) is 1. The Labute approximate surface area is 99.7 Å². The van der Waals surface area contributed by atoms with Crippen LogP contribution in [0.3, 0.4) is 0 Å². The highest BCUT2D eigenvalue weighted by molar-refractivity contribution is 7.22. The topological polar surface area (TPSA) is 24.9 Å². The van der Waals surface area contributed by atoms with E-state index < -0.39 is 0 Å². The summed E-state index contributed by atoms with van der Waals surface area (Å²) in [6, 6.07) is 6.37. The molecule has 1 aromatic heterocycles. The molecule has 0 spiro atoms. The van der Waals surface area contributed by atoms with Gasteiger partial charge < -0.3 is 5.32 Å². The van der Waals surface area contributed by atoms with Crippen molar-refractivity contribution in [2.24, 2.45) is 5.92 Å². The molecule has 84 valence electrons. The van der Waals surface area contributed by atoms with Crippen LogP contribution in [0.1, 0.15) is 24.8 Å². The van der Waals surface area contributed by atoms with Crippen LogP contribution in [0, 0.1) is 12.8 Å². The minimum Gasteiger partial charge on any atom is -0.361 e. The van der Waals surface area contributed by atoms with E-state index in [1.807, 2.05) is 0 Å². The lowest BCUT2D eigenvalue weighted by molar-refractivity contribution is 0.333. The van der Waals surface area contributed by atoms with Crippen LogP contribution in [0.2, 0.25) is 0 Å². The van der Waals surface area contributed by atoms with Crippen molar-refractivity contribution in [2.45, 2.75) is 26.2 Å². The first-order valence-corrected chi connectivity index (χ1v) is 6.74. The minimum absolute atomic E-state index is 0.883. The van der Waals surface area contributed by atoms with Crippen molar-refractivity contribution >= 4 is 26.7 Å². The van der Waals surface area contributed by atoms with Crippen LogP contribution >= 0.6 is 11.3 Å². The minimum atomic E-state index is 0.883. The lowest BCUT2D eigenvalue weighted by Crippen LogP contribution is -2.20. The van der Waals surface area contributed by atoms with Crippen LogP contribution in [-0.4, -0.2) is 11.5 Å². The molecule has 0 amide bonds. The molecule has 3 rings (SSSR count). The molecule has 0 atom stereocenters. The number of nitrogens with zero attached hydrogens (tertiary/aromatic N) is 1. The number of anilines is 1. The molecule has 0 unspecified atom stereocenters. The Kier molecular flexibility index (Phi) is 2.56. The molecule has 1 saturated carbocycles. The maximum Gasteiger partial charge on any atom is 0.183 e. The summed E-state index contributed by atoms with van der Waals surface area (Å²) in [6.45, 7) is 3.22. The van der Waals surface area contributed by atoms with Crippen molar-refractivity contribution in [3.8, 4) is 0 Å². The third-order valence-corrected chi connectivity index (χ3v) is 4.37. The van der Waals surface area contributed by atoms with E-state index in [2.05, 4.69) is 35.4 Å². The average molecular weight is 232 g/mol. The number of fused-ring (bicyclic) bond motifs is 1. The fraction of sp³-hybridized carbons (Fsp3) is 0.462. The molecule has 0 saturated heterocycles. The Morgan fingerprint density at radius 2 is 2.31 bits per heavy atom. The number of hydrogen-bond acceptors (Lipinski definition) is 3. The standard InChI is InChI=1S/C13H16N2S/c1-9-4-2-7-11-12(9)15-13(16-11)14-8-10-5-3-6-10/h2,4,7,10H,3,5-6,8H2,1H3,(H,14,15). The number of hydrogen-bond donors (Lipinski definition) is 1. The van der Waals surface area contributed by atoms with Crippen LogP contribution in [0.15, 0.2) is 18.2 Å². The number of benzene rings is 1. The van der Waals surface area contributed by atoms with Gasteiger partial charge in [-0.05, 0) is 37.3 Å². The summed E-state index contributed by atoms with van der Waals surface area (Å²) in [5.74, 6) is 0.883. The molecule has 1 aliphatic carbocycles. The first-order valence-electron chi connectivity index (χ1n) is 5.93. The van der Waals surface area contributed by atoms with E-state index in [0.717, 1.165) is 23.1 Å². The molecule has 2 aromatic rings. The molecule has 16 heavy (non-hydrogen) atoms. The summed E-state index contributed by atoms with van der Waals surface area (Å²) in [5.41, 5.74) is 2.43. The van der Waals surface area contributed by atoms with Gasteiger partial charge in [0.25, 0.3) is 0 Å². The van der Waals surface area contributed by atoms with Gasteiger partial charge in [-0.2, -0.15) is 0 Å². The second-order valence-electron chi connectivity index (χ2n) is 4.62. The Hall–Kier alpha value is -1.09. The zero-order chi connectivity index (χ0) is 11.0. The third-order valence-electron chi connectivity index (χ3n) is 3.39. The first kappa shape index (κ1) is 10.1. The molecule has 1 aliphatic rings. The van der Waals surface area contributed by atoms with E-state index >= 15 is 0 Å². The second kappa shape index (κ2) is 4.06. The molecular formula is C13H16N2S. The lowest BCUT2D eigenvalue weighted by Gasteiger charge is -2.25. The molecular weight excluding hydrogens is 216 g/mol. The van der Waals surface area contributed by atoms with Crippen LogP contribution in [0.5, 0.6) is 0 Å². The van der Waals surface area contributed by atoms with Gasteiger partial charge in [0.1, 0.15) is 0 Å². The van der Waals surface area contributed by atoms with Gasteiger partial charge in [-0.3, -0.25) is 0 Å². The molecule has 1 aromatic carbocycles. The number of para-hydroxylation sites is 1. The van der Waals surface area contributed by atoms with Gasteiger partial charge >= 0.3 is 0 Å². The van der Waals surface area contributed by atoms with Crippen molar-refractivity contribution < 1.29 is 0 Å². The van der Waals surface area contributed by atoms with Gasteiger partial charge in [0.2, 0.25) is 0 Å². The number of aromatic nitrogens is 1. The van der Waals surface area contributed by atoms with Crippen molar-refractivity contribution in [3.63, 3.8) is 0 Å². The zero-order valence-electron chi connectivity index (χ0n) is 9.49. The van der Waals surface area contributed by atoms with Crippen molar-refractivity contribution in [2.75, 3.05) is 11.9 Å². The van der Waals surface area contributed by atoms with Crippen LogP contribution in [0.25, 0.3) is 10.2 Å². The maximum atomic E-state index is 4.65. The second-order valence-corrected chi connectivity index (χ2v) is 5.65. The van der Waals surface area contributed by atoms with Crippen molar-refractivity contribution in [1.82, 2.24) is 4.98 Å². The Bertz CT molecular complexity index is 500. The third kappa shape index (κ3) is 1.80. The lowest BCUT2D eigenvalue weighted by atomic mass is 9.86. The van der Waals surface area contributed by atoms with E-state index in [4.69, 9.17) is 0 Å². The zero-order valence-corrected chi connectivity index (χ0v) is 10.3. The smallest absolute Gasteiger partial charge is 0.183 e. The molecule has 1 N–H and O–H groups in total. The SMILES string of the molecule is Cc1cccc2sc(NCC3CCC3)nc12.